The second kappa shape index (κ2) is 7.94. The van der Waals surface area contributed by atoms with E-state index in [-0.39, 0.29) is 16.8 Å². The Kier molecular flexibility index (Phi) is 6.54. The topological polar surface area (TPSA) is 95.5 Å². The van der Waals surface area contributed by atoms with Crippen LogP contribution in [0.25, 0.3) is 0 Å². The van der Waals surface area contributed by atoms with Crippen molar-refractivity contribution in [3.05, 3.63) is 46.0 Å². The number of benzene rings is 1. The number of carbonyl (C=O) groups is 1. The Morgan fingerprint density at radius 1 is 1.26 bits per heavy atom. The van der Waals surface area contributed by atoms with Crippen molar-refractivity contribution in [3.8, 4) is 0 Å². The summed E-state index contributed by atoms with van der Waals surface area (Å²) >= 11 is 0. The maximum Gasteiger partial charge on any atom is 0.405 e. The molecule has 0 radical (unpaired) electrons. The minimum Gasteiger partial charge on any atom is -0.443 e. The van der Waals surface area contributed by atoms with Crippen molar-refractivity contribution in [3.63, 3.8) is 0 Å². The Hall–Kier alpha value is -2.11. The smallest absolute Gasteiger partial charge is 0.405 e. The average Bonchev–Trinajstić information content (AvgIpc) is 2.45. The van der Waals surface area contributed by atoms with Crippen molar-refractivity contribution in [2.45, 2.75) is 52.2 Å². The number of nitrogens with zero attached hydrogens (tertiary/aromatic N) is 1. The van der Waals surface area contributed by atoms with Crippen molar-refractivity contribution in [2.75, 3.05) is 0 Å². The summed E-state index contributed by atoms with van der Waals surface area (Å²) in [5, 5.41) is 11.3. The zero-order valence-corrected chi connectivity index (χ0v) is 14.2. The first-order valence-corrected chi connectivity index (χ1v) is 7.82. The number of amides is 1. The number of hydrogen-bond acceptors (Lipinski definition) is 4. The molecule has 1 rings (SSSR count). The summed E-state index contributed by atoms with van der Waals surface area (Å²) in [6.45, 7) is 7.60. The molecule has 0 aliphatic carbocycles. The maximum absolute atomic E-state index is 11.3. The zero-order chi connectivity index (χ0) is 17.6. The van der Waals surface area contributed by atoms with Gasteiger partial charge in [0.1, 0.15) is 5.60 Å². The highest BCUT2D eigenvalue weighted by atomic mass is 16.6. The van der Waals surface area contributed by atoms with Gasteiger partial charge in [-0.05, 0) is 32.1 Å². The Balaban J connectivity index is 2.71. The largest absolute Gasteiger partial charge is 0.443 e. The van der Waals surface area contributed by atoms with Crippen LogP contribution in [-0.4, -0.2) is 16.6 Å². The van der Waals surface area contributed by atoms with Crippen molar-refractivity contribution < 1.29 is 14.5 Å². The number of rotatable bonds is 8. The summed E-state index contributed by atoms with van der Waals surface area (Å²) in [6, 6.07) is 8.30. The second-order valence-electron chi connectivity index (χ2n) is 6.58. The molecule has 1 amide bonds. The first-order valence-electron chi connectivity index (χ1n) is 7.82. The lowest BCUT2D eigenvalue weighted by Gasteiger charge is -2.35. The predicted octanol–water partition coefficient (Wildman–Crippen LogP) is 3.93. The molecule has 0 aromatic heterocycles. The molecule has 0 aliphatic rings. The Bertz CT molecular complexity index is 531. The molecule has 6 nitrogen and oxygen atoms in total. The van der Waals surface area contributed by atoms with Gasteiger partial charge in [-0.1, -0.05) is 44.2 Å². The van der Waals surface area contributed by atoms with E-state index >= 15 is 0 Å². The van der Waals surface area contributed by atoms with E-state index in [1.54, 1.807) is 26.0 Å². The van der Waals surface area contributed by atoms with Gasteiger partial charge in [0.25, 0.3) is 0 Å². The molecule has 0 saturated heterocycles. The highest BCUT2D eigenvalue weighted by Crippen LogP contribution is 2.33. The minimum absolute atomic E-state index is 0.0261. The van der Waals surface area contributed by atoms with Crippen molar-refractivity contribution in [1.82, 2.24) is 0 Å². The maximum atomic E-state index is 11.3. The highest BCUT2D eigenvalue weighted by Gasteiger charge is 2.34. The third kappa shape index (κ3) is 5.54. The number of ether oxygens (including phenoxy) is 1. The van der Waals surface area contributed by atoms with E-state index in [9.17, 15) is 14.9 Å². The Morgan fingerprint density at radius 2 is 1.83 bits per heavy atom. The van der Waals surface area contributed by atoms with E-state index in [1.807, 2.05) is 32.0 Å². The summed E-state index contributed by atoms with van der Waals surface area (Å²) in [5.41, 5.74) is 5.11. The fourth-order valence-electron chi connectivity index (χ4n) is 2.78. The number of nitro groups is 1. The molecular weight excluding hydrogens is 296 g/mol. The van der Waals surface area contributed by atoms with Gasteiger partial charge in [-0.25, -0.2) is 4.79 Å². The summed E-state index contributed by atoms with van der Waals surface area (Å²) in [4.78, 5) is 22.1. The molecule has 0 spiro atoms. The van der Waals surface area contributed by atoms with Crippen molar-refractivity contribution in [2.24, 2.45) is 17.6 Å². The normalized spacial score (nSPS) is 15.5. The van der Waals surface area contributed by atoms with Gasteiger partial charge in [0.15, 0.2) is 0 Å². The standard InChI is InChI=1S/C17H26N2O4/c1-12(13(2)17(3,4)23-16(18)20)10-11-15(19(21)22)14-8-6-5-7-9-14/h5-9,12-13,15H,10-11H2,1-4H3,(H2,18,20). The van der Waals surface area contributed by atoms with Gasteiger partial charge in [-0.2, -0.15) is 0 Å². The average molecular weight is 322 g/mol. The molecule has 128 valence electrons. The van der Waals surface area contributed by atoms with E-state index in [1.165, 1.54) is 0 Å². The quantitative estimate of drug-likeness (QED) is 0.579. The van der Waals surface area contributed by atoms with Gasteiger partial charge in [0, 0.05) is 16.9 Å². The van der Waals surface area contributed by atoms with Crippen LogP contribution in [0.3, 0.4) is 0 Å². The van der Waals surface area contributed by atoms with Gasteiger partial charge in [0.05, 0.1) is 0 Å². The first-order chi connectivity index (χ1) is 10.6. The van der Waals surface area contributed by atoms with Crippen LogP contribution in [0.1, 0.15) is 52.1 Å². The summed E-state index contributed by atoms with van der Waals surface area (Å²) in [7, 11) is 0. The lowest BCUT2D eigenvalue weighted by Crippen LogP contribution is -2.40. The molecule has 0 saturated carbocycles. The third-order valence-electron chi connectivity index (χ3n) is 4.65. The first kappa shape index (κ1) is 18.9. The van der Waals surface area contributed by atoms with Crippen molar-refractivity contribution >= 4 is 6.09 Å². The van der Waals surface area contributed by atoms with Crippen LogP contribution in [0.15, 0.2) is 30.3 Å². The van der Waals surface area contributed by atoms with Crippen LogP contribution >= 0.6 is 0 Å². The van der Waals surface area contributed by atoms with Crippen LogP contribution in [0.5, 0.6) is 0 Å². The van der Waals surface area contributed by atoms with Gasteiger partial charge < -0.3 is 10.5 Å². The molecule has 1 aromatic carbocycles. The highest BCUT2D eigenvalue weighted by molar-refractivity contribution is 5.65. The Morgan fingerprint density at radius 3 is 2.30 bits per heavy atom. The Labute approximate surface area is 137 Å². The van der Waals surface area contributed by atoms with E-state index in [0.29, 0.717) is 18.4 Å². The lowest BCUT2D eigenvalue weighted by molar-refractivity contribution is -0.530. The molecule has 23 heavy (non-hydrogen) atoms. The zero-order valence-electron chi connectivity index (χ0n) is 14.2. The number of hydrogen-bond donors (Lipinski definition) is 1. The van der Waals surface area contributed by atoms with E-state index in [2.05, 4.69) is 0 Å². The fraction of sp³-hybridized carbons (Fsp3) is 0.588. The van der Waals surface area contributed by atoms with Crippen LogP contribution in [0.2, 0.25) is 0 Å². The minimum atomic E-state index is -0.804. The molecule has 0 fully saturated rings. The number of primary amides is 1. The second-order valence-corrected chi connectivity index (χ2v) is 6.58. The summed E-state index contributed by atoms with van der Waals surface area (Å²) < 4.78 is 5.16. The molecule has 6 heteroatoms. The molecule has 2 N–H and O–H groups in total. The molecule has 0 bridgehead atoms. The van der Waals surface area contributed by atoms with Gasteiger partial charge >= 0.3 is 6.09 Å². The van der Waals surface area contributed by atoms with Crippen molar-refractivity contribution in [1.29, 1.82) is 0 Å². The van der Waals surface area contributed by atoms with E-state index < -0.39 is 17.7 Å². The molecule has 0 heterocycles. The van der Waals surface area contributed by atoms with E-state index in [4.69, 9.17) is 10.5 Å². The summed E-state index contributed by atoms with van der Waals surface area (Å²) in [6.07, 6.45) is 0.295. The van der Waals surface area contributed by atoms with Gasteiger partial charge in [-0.3, -0.25) is 10.1 Å². The van der Waals surface area contributed by atoms with Gasteiger partial charge in [-0.15, -0.1) is 0 Å². The van der Waals surface area contributed by atoms with Gasteiger partial charge in [0.2, 0.25) is 6.04 Å². The van der Waals surface area contributed by atoms with E-state index in [0.717, 1.165) is 0 Å². The predicted molar refractivity (Wildman–Crippen MR) is 88.5 cm³/mol. The van der Waals surface area contributed by atoms with Crippen LogP contribution in [0, 0.1) is 22.0 Å². The molecule has 0 aliphatic heterocycles. The van der Waals surface area contributed by atoms with Crippen LogP contribution in [0.4, 0.5) is 4.79 Å². The fourth-order valence-corrected chi connectivity index (χ4v) is 2.78. The van der Waals surface area contributed by atoms with Crippen LogP contribution in [-0.2, 0) is 4.74 Å². The summed E-state index contributed by atoms with van der Waals surface area (Å²) in [5.74, 6) is 0.175. The monoisotopic (exact) mass is 322 g/mol. The molecule has 1 aromatic rings. The lowest BCUT2D eigenvalue weighted by atomic mass is 9.79. The van der Waals surface area contributed by atoms with Crippen LogP contribution < -0.4 is 5.73 Å². The molecule has 3 unspecified atom stereocenters. The SMILES string of the molecule is CC(CCC(c1ccccc1)[N+](=O)[O-])C(C)C(C)(C)OC(N)=O. The third-order valence-corrected chi connectivity index (χ3v) is 4.65. The number of nitrogens with two attached hydrogens (primary N) is 1. The molecule has 3 atom stereocenters. The number of carbonyl (C=O) groups excluding carboxylic acids is 1. The molecular formula is C17H26N2O4.